The van der Waals surface area contributed by atoms with E-state index in [1.165, 1.54) is 24.5 Å². The summed E-state index contributed by atoms with van der Waals surface area (Å²) in [6.45, 7) is 6.22. The fourth-order valence-electron chi connectivity index (χ4n) is 4.10. The molecule has 4 rings (SSSR count). The van der Waals surface area contributed by atoms with E-state index in [4.69, 9.17) is 4.74 Å². The second-order valence-corrected chi connectivity index (χ2v) is 8.26. The lowest BCUT2D eigenvalue weighted by Crippen LogP contribution is -1.93. The molecule has 3 heteroatoms. The number of hydrogen-bond donors (Lipinski definition) is 0. The average Bonchev–Trinajstić information content (AvgIpc) is 2.83. The lowest BCUT2D eigenvalue weighted by molar-refractivity contribution is 0.363. The Bertz CT molecular complexity index is 1260. The van der Waals surface area contributed by atoms with Gasteiger partial charge in [-0.15, -0.1) is 0 Å². The number of rotatable bonds is 9. The first-order valence-electron chi connectivity index (χ1n) is 11.5. The molecule has 0 amide bonds. The number of aryl methyl sites for hydroxylation is 1. The third-order valence-corrected chi connectivity index (χ3v) is 5.90. The summed E-state index contributed by atoms with van der Waals surface area (Å²) in [7, 11) is 0. The van der Waals surface area contributed by atoms with Gasteiger partial charge in [-0.05, 0) is 53.1 Å². The highest BCUT2D eigenvalue weighted by atomic mass is 19.1. The summed E-state index contributed by atoms with van der Waals surface area (Å²) in [6, 6.07) is 21.7. The highest BCUT2D eigenvalue weighted by Crippen LogP contribution is 2.33. The van der Waals surface area contributed by atoms with E-state index < -0.39 is 5.82 Å². The van der Waals surface area contributed by atoms with Gasteiger partial charge in [0, 0.05) is 16.5 Å². The Morgan fingerprint density at radius 1 is 0.818 bits per heavy atom. The van der Waals surface area contributed by atoms with Gasteiger partial charge >= 0.3 is 0 Å². The van der Waals surface area contributed by atoms with E-state index in [1.807, 2.05) is 30.3 Å². The Hall–Kier alpha value is -3.46. The van der Waals surface area contributed by atoms with Gasteiger partial charge in [-0.2, -0.15) is 0 Å². The lowest BCUT2D eigenvalue weighted by atomic mass is 9.96. The van der Waals surface area contributed by atoms with Gasteiger partial charge in [0.15, 0.2) is 0 Å². The Kier molecular flexibility index (Phi) is 7.19. The van der Waals surface area contributed by atoms with E-state index in [2.05, 4.69) is 19.6 Å². The minimum Gasteiger partial charge on any atom is -0.490 e. The Balaban J connectivity index is 1.60. The number of hydrogen-bond acceptors (Lipinski definition) is 1. The zero-order valence-electron chi connectivity index (χ0n) is 18.9. The molecule has 0 bridgehead atoms. The highest BCUT2D eigenvalue weighted by molar-refractivity contribution is 5.89. The van der Waals surface area contributed by atoms with Gasteiger partial charge in [0.2, 0.25) is 0 Å². The van der Waals surface area contributed by atoms with Crippen molar-refractivity contribution >= 4 is 10.8 Å². The van der Waals surface area contributed by atoms with Crippen molar-refractivity contribution in [1.82, 2.24) is 0 Å². The van der Waals surface area contributed by atoms with Crippen LogP contribution in [-0.2, 0) is 6.42 Å². The molecule has 0 saturated carbocycles. The van der Waals surface area contributed by atoms with Crippen LogP contribution in [0.5, 0.6) is 5.75 Å². The maximum Gasteiger partial charge on any atom is 0.138 e. The van der Waals surface area contributed by atoms with E-state index in [9.17, 15) is 0 Å². The maximum atomic E-state index is 15.4. The molecule has 0 heterocycles. The van der Waals surface area contributed by atoms with Crippen molar-refractivity contribution in [1.29, 1.82) is 0 Å². The molecule has 0 unspecified atom stereocenters. The molecular weight excluding hydrogens is 414 g/mol. The standard InChI is InChI=1S/C30H28F2O/c1-3-5-6-7-21-8-15-27-23(19-21)12-17-28(30(27)32)24-11-16-26(29(31)20-24)22-9-13-25(14-10-22)33-18-4-2/h4,8-17,19-20H,2-3,5-7,18H2,1H3. The van der Waals surface area contributed by atoms with Gasteiger partial charge in [0.25, 0.3) is 0 Å². The van der Waals surface area contributed by atoms with Crippen LogP contribution in [0.15, 0.2) is 85.5 Å². The number of unbranched alkanes of at least 4 members (excludes halogenated alkanes) is 2. The van der Waals surface area contributed by atoms with Crippen LogP contribution in [0.4, 0.5) is 8.78 Å². The van der Waals surface area contributed by atoms with Crippen molar-refractivity contribution in [3.8, 4) is 28.0 Å². The molecule has 0 aromatic heterocycles. The minimum absolute atomic E-state index is 0.316. The Labute approximate surface area is 194 Å². The molecule has 168 valence electrons. The zero-order chi connectivity index (χ0) is 23.2. The normalized spacial score (nSPS) is 11.0. The van der Waals surface area contributed by atoms with Crippen molar-refractivity contribution in [3.63, 3.8) is 0 Å². The Morgan fingerprint density at radius 2 is 1.58 bits per heavy atom. The summed E-state index contributed by atoms with van der Waals surface area (Å²) >= 11 is 0. The van der Waals surface area contributed by atoms with Crippen molar-refractivity contribution in [2.24, 2.45) is 0 Å². The van der Waals surface area contributed by atoms with Crippen molar-refractivity contribution < 1.29 is 13.5 Å². The molecular formula is C30H28F2O. The van der Waals surface area contributed by atoms with Gasteiger partial charge in [-0.1, -0.05) is 87.0 Å². The summed E-state index contributed by atoms with van der Waals surface area (Å²) in [5.74, 6) is -0.0102. The zero-order valence-corrected chi connectivity index (χ0v) is 18.9. The van der Waals surface area contributed by atoms with E-state index in [1.54, 1.807) is 36.4 Å². The van der Waals surface area contributed by atoms with Crippen molar-refractivity contribution in [2.45, 2.75) is 32.6 Å². The molecule has 1 nitrogen and oxygen atoms in total. The third-order valence-electron chi connectivity index (χ3n) is 5.90. The van der Waals surface area contributed by atoms with Gasteiger partial charge in [-0.3, -0.25) is 0 Å². The SMILES string of the molecule is C=CCOc1ccc(-c2ccc(-c3ccc4cc(CCCCC)ccc4c3F)cc2F)cc1. The topological polar surface area (TPSA) is 9.23 Å². The molecule has 4 aromatic carbocycles. The first kappa shape index (κ1) is 22.7. The summed E-state index contributed by atoms with van der Waals surface area (Å²) in [4.78, 5) is 0. The van der Waals surface area contributed by atoms with Gasteiger partial charge in [-0.25, -0.2) is 8.78 Å². The second kappa shape index (κ2) is 10.4. The number of benzene rings is 4. The summed E-state index contributed by atoms with van der Waals surface area (Å²) in [5.41, 5.74) is 3.35. The largest absolute Gasteiger partial charge is 0.490 e. The quantitative estimate of drug-likeness (QED) is 0.186. The molecule has 0 saturated heterocycles. The van der Waals surface area contributed by atoms with Crippen LogP contribution >= 0.6 is 0 Å². The van der Waals surface area contributed by atoms with E-state index in [0.29, 0.717) is 34.4 Å². The Morgan fingerprint density at radius 3 is 2.30 bits per heavy atom. The third kappa shape index (κ3) is 5.14. The second-order valence-electron chi connectivity index (χ2n) is 8.26. The molecule has 4 aromatic rings. The van der Waals surface area contributed by atoms with Gasteiger partial charge in [0.05, 0.1) is 0 Å². The minimum atomic E-state index is -0.391. The monoisotopic (exact) mass is 442 g/mol. The summed E-state index contributed by atoms with van der Waals surface area (Å²) in [5, 5.41) is 1.44. The predicted octanol–water partition coefficient (Wildman–Crippen LogP) is 8.75. The van der Waals surface area contributed by atoms with E-state index in [0.717, 1.165) is 23.8 Å². The van der Waals surface area contributed by atoms with Crippen LogP contribution in [-0.4, -0.2) is 6.61 Å². The van der Waals surface area contributed by atoms with Crippen LogP contribution in [0, 0.1) is 11.6 Å². The van der Waals surface area contributed by atoms with Crippen LogP contribution in [0.1, 0.15) is 31.7 Å². The highest BCUT2D eigenvalue weighted by Gasteiger charge is 2.13. The fourth-order valence-corrected chi connectivity index (χ4v) is 4.10. The van der Waals surface area contributed by atoms with Crippen LogP contribution in [0.2, 0.25) is 0 Å². The van der Waals surface area contributed by atoms with Crippen LogP contribution < -0.4 is 4.74 Å². The molecule has 0 aliphatic heterocycles. The molecule has 0 atom stereocenters. The molecule has 0 N–H and O–H groups in total. The summed E-state index contributed by atoms with van der Waals surface area (Å²) < 4.78 is 35.8. The first-order valence-corrected chi connectivity index (χ1v) is 11.5. The van der Waals surface area contributed by atoms with Gasteiger partial charge in [0.1, 0.15) is 24.0 Å². The molecule has 0 aliphatic rings. The van der Waals surface area contributed by atoms with Gasteiger partial charge < -0.3 is 4.74 Å². The molecule has 0 spiro atoms. The summed E-state index contributed by atoms with van der Waals surface area (Å²) in [6.07, 6.45) is 6.18. The number of ether oxygens (including phenoxy) is 1. The number of fused-ring (bicyclic) bond motifs is 1. The average molecular weight is 443 g/mol. The maximum absolute atomic E-state index is 15.4. The van der Waals surface area contributed by atoms with E-state index >= 15 is 8.78 Å². The van der Waals surface area contributed by atoms with Crippen LogP contribution in [0.3, 0.4) is 0 Å². The van der Waals surface area contributed by atoms with Crippen molar-refractivity contribution in [3.05, 3.63) is 103 Å². The van der Waals surface area contributed by atoms with Crippen molar-refractivity contribution in [2.75, 3.05) is 6.61 Å². The van der Waals surface area contributed by atoms with Crippen LogP contribution in [0.25, 0.3) is 33.0 Å². The lowest BCUT2D eigenvalue weighted by Gasteiger charge is -2.11. The molecule has 0 radical (unpaired) electrons. The molecule has 33 heavy (non-hydrogen) atoms. The molecule has 0 fully saturated rings. The first-order chi connectivity index (χ1) is 16.1. The number of halogens is 2. The predicted molar refractivity (Wildman–Crippen MR) is 134 cm³/mol. The molecule has 0 aliphatic carbocycles. The fraction of sp³-hybridized carbons (Fsp3) is 0.200. The van der Waals surface area contributed by atoms with E-state index in [-0.39, 0.29) is 5.82 Å². The smallest absolute Gasteiger partial charge is 0.138 e.